The van der Waals surface area contributed by atoms with Crippen molar-refractivity contribution < 1.29 is 4.74 Å². The first-order chi connectivity index (χ1) is 9.49. The summed E-state index contributed by atoms with van der Waals surface area (Å²) >= 11 is 0. The molecule has 0 bridgehead atoms. The number of aryl methyl sites for hydroxylation is 2. The van der Waals surface area contributed by atoms with Crippen molar-refractivity contribution in [3.05, 3.63) is 46.8 Å². The Kier molecular flexibility index (Phi) is 4.35. The Balaban J connectivity index is 2.34. The van der Waals surface area contributed by atoms with Gasteiger partial charge in [0, 0.05) is 12.2 Å². The Hall–Kier alpha value is -1.94. The summed E-state index contributed by atoms with van der Waals surface area (Å²) in [6.07, 6.45) is 0. The summed E-state index contributed by atoms with van der Waals surface area (Å²) in [7, 11) is 0. The molecule has 2 rings (SSSR count). The van der Waals surface area contributed by atoms with Crippen LogP contribution in [0.1, 0.15) is 42.3 Å². The zero-order valence-electron chi connectivity index (χ0n) is 12.5. The lowest BCUT2D eigenvalue weighted by atomic mass is 10.1. The van der Waals surface area contributed by atoms with Crippen LogP contribution in [0.3, 0.4) is 0 Å². The Bertz CT molecular complexity index is 609. The van der Waals surface area contributed by atoms with Crippen LogP contribution in [0.4, 0.5) is 0 Å². The normalized spacial score (nSPS) is 10.9. The molecule has 0 spiro atoms. The molecular formula is C16H21N3O. The van der Waals surface area contributed by atoms with E-state index in [1.54, 1.807) is 0 Å². The van der Waals surface area contributed by atoms with Crippen molar-refractivity contribution in [2.45, 2.75) is 40.2 Å². The molecule has 1 aromatic heterocycles. The van der Waals surface area contributed by atoms with Crippen LogP contribution >= 0.6 is 0 Å². The Morgan fingerprint density at radius 3 is 2.55 bits per heavy atom. The highest BCUT2D eigenvalue weighted by molar-refractivity contribution is 5.38. The zero-order chi connectivity index (χ0) is 14.7. The highest BCUT2D eigenvalue weighted by Gasteiger charge is 2.09. The number of benzene rings is 1. The zero-order valence-corrected chi connectivity index (χ0v) is 12.5. The maximum atomic E-state index is 5.85. The molecule has 0 aliphatic heterocycles. The second-order valence-corrected chi connectivity index (χ2v) is 5.28. The molecule has 1 aromatic carbocycles. The van der Waals surface area contributed by atoms with Gasteiger partial charge in [-0.2, -0.15) is 4.98 Å². The molecule has 0 fully saturated rings. The van der Waals surface area contributed by atoms with E-state index in [9.17, 15) is 0 Å². The van der Waals surface area contributed by atoms with Gasteiger partial charge in [-0.1, -0.05) is 26.0 Å². The third-order valence-electron chi connectivity index (χ3n) is 3.13. The Morgan fingerprint density at radius 2 is 1.90 bits per heavy atom. The molecule has 0 amide bonds. The number of hydrogen-bond acceptors (Lipinski definition) is 4. The van der Waals surface area contributed by atoms with Crippen LogP contribution < -0.4 is 10.5 Å². The third kappa shape index (κ3) is 3.33. The van der Waals surface area contributed by atoms with E-state index in [1.165, 1.54) is 0 Å². The second kappa shape index (κ2) is 6.01. The van der Waals surface area contributed by atoms with Crippen molar-refractivity contribution in [1.29, 1.82) is 0 Å². The van der Waals surface area contributed by atoms with Gasteiger partial charge in [-0.05, 0) is 43.0 Å². The Morgan fingerprint density at radius 1 is 1.15 bits per heavy atom. The van der Waals surface area contributed by atoms with Gasteiger partial charge in [0.1, 0.15) is 5.75 Å². The molecule has 2 N–H and O–H groups in total. The highest BCUT2D eigenvalue weighted by Crippen LogP contribution is 2.25. The van der Waals surface area contributed by atoms with Gasteiger partial charge in [0.2, 0.25) is 0 Å². The van der Waals surface area contributed by atoms with Crippen LogP contribution in [0.25, 0.3) is 0 Å². The van der Waals surface area contributed by atoms with Gasteiger partial charge in [0.15, 0.2) is 0 Å². The predicted molar refractivity (Wildman–Crippen MR) is 80.0 cm³/mol. The van der Waals surface area contributed by atoms with Crippen molar-refractivity contribution in [2.24, 2.45) is 5.73 Å². The summed E-state index contributed by atoms with van der Waals surface area (Å²) in [6.45, 7) is 8.64. The van der Waals surface area contributed by atoms with E-state index in [1.807, 2.05) is 38.1 Å². The summed E-state index contributed by atoms with van der Waals surface area (Å²) in [5.74, 6) is 1.10. The number of nitrogens with two attached hydrogens (primary N) is 1. The van der Waals surface area contributed by atoms with Gasteiger partial charge in [0.25, 0.3) is 0 Å². The third-order valence-corrected chi connectivity index (χ3v) is 3.13. The summed E-state index contributed by atoms with van der Waals surface area (Å²) < 4.78 is 5.85. The molecule has 4 nitrogen and oxygen atoms in total. The number of aromatic nitrogens is 2. The Labute approximate surface area is 120 Å². The van der Waals surface area contributed by atoms with Gasteiger partial charge in [0.05, 0.1) is 5.69 Å². The quantitative estimate of drug-likeness (QED) is 0.925. The number of nitrogens with zero attached hydrogens (tertiary/aromatic N) is 2. The van der Waals surface area contributed by atoms with Gasteiger partial charge >= 0.3 is 6.01 Å². The monoisotopic (exact) mass is 271 g/mol. The van der Waals surface area contributed by atoms with E-state index in [4.69, 9.17) is 10.5 Å². The van der Waals surface area contributed by atoms with Crippen LogP contribution in [0.2, 0.25) is 0 Å². The average molecular weight is 271 g/mol. The van der Waals surface area contributed by atoms with Crippen molar-refractivity contribution in [3.63, 3.8) is 0 Å². The number of hydrogen-bond donors (Lipinski definition) is 1. The first kappa shape index (κ1) is 14.5. The molecule has 0 aliphatic carbocycles. The fourth-order valence-corrected chi connectivity index (χ4v) is 1.89. The molecular weight excluding hydrogens is 250 g/mol. The minimum absolute atomic E-state index is 0.343. The van der Waals surface area contributed by atoms with E-state index in [-0.39, 0.29) is 0 Å². The van der Waals surface area contributed by atoms with Crippen molar-refractivity contribution >= 4 is 0 Å². The fourth-order valence-electron chi connectivity index (χ4n) is 1.89. The molecule has 106 valence electrons. The first-order valence-corrected chi connectivity index (χ1v) is 6.82. The van der Waals surface area contributed by atoms with Crippen molar-refractivity contribution in [3.8, 4) is 11.8 Å². The van der Waals surface area contributed by atoms with Gasteiger partial charge in [-0.25, -0.2) is 4.98 Å². The van der Waals surface area contributed by atoms with Crippen LogP contribution in [-0.2, 0) is 6.54 Å². The number of ether oxygens (including phenoxy) is 1. The van der Waals surface area contributed by atoms with Crippen LogP contribution in [0, 0.1) is 13.8 Å². The highest BCUT2D eigenvalue weighted by atomic mass is 16.5. The maximum absolute atomic E-state index is 5.85. The fraction of sp³-hybridized carbons (Fsp3) is 0.375. The van der Waals surface area contributed by atoms with Gasteiger partial charge < -0.3 is 10.5 Å². The van der Waals surface area contributed by atoms with Crippen LogP contribution in [-0.4, -0.2) is 9.97 Å². The SMILES string of the molecule is Cc1cc(C(C)C)nc(Oc2cc(CN)ccc2C)n1. The van der Waals surface area contributed by atoms with Crippen molar-refractivity contribution in [1.82, 2.24) is 9.97 Å². The number of rotatable bonds is 4. The average Bonchev–Trinajstić information content (AvgIpc) is 2.40. The summed E-state index contributed by atoms with van der Waals surface area (Å²) in [6, 6.07) is 8.32. The lowest BCUT2D eigenvalue weighted by Gasteiger charge is -2.11. The van der Waals surface area contributed by atoms with Crippen molar-refractivity contribution in [2.75, 3.05) is 0 Å². The summed E-state index contributed by atoms with van der Waals surface area (Å²) in [5.41, 5.74) is 9.63. The van der Waals surface area contributed by atoms with Crippen LogP contribution in [0.5, 0.6) is 11.8 Å². The molecule has 0 atom stereocenters. The standard InChI is InChI=1S/C16H21N3O/c1-10(2)14-7-12(4)18-16(19-14)20-15-8-13(9-17)6-5-11(15)3/h5-8,10H,9,17H2,1-4H3. The smallest absolute Gasteiger partial charge is 0.322 e. The minimum atomic E-state index is 0.343. The lowest BCUT2D eigenvalue weighted by molar-refractivity contribution is 0.433. The molecule has 4 heteroatoms. The van der Waals surface area contributed by atoms with Crippen LogP contribution in [0.15, 0.2) is 24.3 Å². The first-order valence-electron chi connectivity index (χ1n) is 6.82. The summed E-state index contributed by atoms with van der Waals surface area (Å²) in [5, 5.41) is 0. The molecule has 0 unspecified atom stereocenters. The lowest BCUT2D eigenvalue weighted by Crippen LogP contribution is -2.02. The largest absolute Gasteiger partial charge is 0.424 e. The molecule has 0 aliphatic rings. The second-order valence-electron chi connectivity index (χ2n) is 5.28. The molecule has 1 heterocycles. The molecule has 0 saturated heterocycles. The molecule has 20 heavy (non-hydrogen) atoms. The minimum Gasteiger partial charge on any atom is -0.424 e. The van der Waals surface area contributed by atoms with E-state index < -0.39 is 0 Å². The van der Waals surface area contributed by atoms with E-state index in [0.717, 1.165) is 28.3 Å². The van der Waals surface area contributed by atoms with Gasteiger partial charge in [-0.3, -0.25) is 0 Å². The van der Waals surface area contributed by atoms with Gasteiger partial charge in [-0.15, -0.1) is 0 Å². The van der Waals surface area contributed by atoms with E-state index in [2.05, 4.69) is 23.8 Å². The molecule has 0 radical (unpaired) electrons. The predicted octanol–water partition coefficient (Wildman–Crippen LogP) is 3.47. The topological polar surface area (TPSA) is 61.0 Å². The molecule has 0 saturated carbocycles. The maximum Gasteiger partial charge on any atom is 0.322 e. The molecule has 2 aromatic rings. The van der Waals surface area contributed by atoms with E-state index >= 15 is 0 Å². The summed E-state index contributed by atoms with van der Waals surface area (Å²) in [4.78, 5) is 8.80. The van der Waals surface area contributed by atoms with E-state index in [0.29, 0.717) is 18.5 Å².